The molecule has 0 aromatic rings. The molecule has 0 bridgehead atoms. The number of esters is 1. The van der Waals surface area contributed by atoms with Crippen LogP contribution in [-0.4, -0.2) is 52.0 Å². The van der Waals surface area contributed by atoms with E-state index in [0.717, 1.165) is 0 Å². The average Bonchev–Trinajstić information content (AvgIpc) is 2.05. The molecule has 3 N–H and O–H groups in total. The number of ether oxygens (including phenoxy) is 2. The second-order valence-corrected chi connectivity index (χ2v) is 2.83. The van der Waals surface area contributed by atoms with Crippen LogP contribution in [0.25, 0.3) is 0 Å². The number of carbonyl (C=O) groups is 1. The van der Waals surface area contributed by atoms with Gasteiger partial charge in [0.1, 0.15) is 12.2 Å². The zero-order chi connectivity index (χ0) is 8.88. The Morgan fingerprint density at radius 1 is 1.17 bits per heavy atom. The van der Waals surface area contributed by atoms with Crippen molar-refractivity contribution in [1.29, 1.82) is 0 Å². The molecule has 6 nitrogen and oxygen atoms in total. The maximum absolute atomic E-state index is 10.6. The Hall–Kier alpha value is -0.690. The van der Waals surface area contributed by atoms with Crippen LogP contribution >= 0.6 is 0 Å². The highest BCUT2D eigenvalue weighted by Gasteiger charge is 2.56. The highest BCUT2D eigenvalue weighted by atomic mass is 16.7. The van der Waals surface area contributed by atoms with Crippen molar-refractivity contribution in [3.05, 3.63) is 0 Å². The zero-order valence-electron chi connectivity index (χ0n) is 5.95. The molecule has 0 amide bonds. The number of hydrogen-bond donors (Lipinski definition) is 3. The largest absolute Gasteiger partial charge is 0.454 e. The molecule has 2 fully saturated rings. The molecule has 12 heavy (non-hydrogen) atoms. The first-order chi connectivity index (χ1) is 5.61. The number of fused-ring (bicyclic) bond motifs is 1. The molecule has 2 saturated heterocycles. The molecule has 0 saturated carbocycles. The Morgan fingerprint density at radius 3 is 2.42 bits per heavy atom. The third-order valence-corrected chi connectivity index (χ3v) is 2.05. The van der Waals surface area contributed by atoms with Crippen molar-refractivity contribution in [2.75, 3.05) is 0 Å². The van der Waals surface area contributed by atoms with Crippen LogP contribution in [-0.2, 0) is 14.3 Å². The van der Waals surface area contributed by atoms with Gasteiger partial charge in [0, 0.05) is 0 Å². The van der Waals surface area contributed by atoms with Gasteiger partial charge in [-0.05, 0) is 0 Å². The van der Waals surface area contributed by atoms with Crippen molar-refractivity contribution < 1.29 is 29.6 Å². The number of aliphatic hydroxyl groups excluding tert-OH is 3. The molecule has 0 aromatic heterocycles. The summed E-state index contributed by atoms with van der Waals surface area (Å²) in [5.74, 6) is -0.620. The van der Waals surface area contributed by atoms with E-state index >= 15 is 0 Å². The lowest BCUT2D eigenvalue weighted by molar-refractivity contribution is -0.315. The molecule has 0 aliphatic carbocycles. The highest BCUT2D eigenvalue weighted by Crippen LogP contribution is 2.30. The first-order valence-corrected chi connectivity index (χ1v) is 3.51. The van der Waals surface area contributed by atoms with Crippen LogP contribution in [0, 0.1) is 0 Å². The fraction of sp³-hybridized carbons (Fsp3) is 0.833. The number of aliphatic hydroxyl groups is 3. The van der Waals surface area contributed by atoms with Gasteiger partial charge in [0.2, 0.25) is 0 Å². The second-order valence-electron chi connectivity index (χ2n) is 2.83. The molecule has 2 heterocycles. The lowest BCUT2D eigenvalue weighted by Gasteiger charge is -2.45. The molecular formula is C6H8O6. The Balaban J connectivity index is 2.12. The maximum Gasteiger partial charge on any atom is 0.339 e. The lowest BCUT2D eigenvalue weighted by Crippen LogP contribution is -2.67. The molecule has 0 aromatic carbocycles. The predicted molar refractivity (Wildman–Crippen MR) is 32.8 cm³/mol. The van der Waals surface area contributed by atoms with Crippen LogP contribution in [0.15, 0.2) is 0 Å². The average molecular weight is 176 g/mol. The number of hydrogen-bond acceptors (Lipinski definition) is 6. The lowest BCUT2D eigenvalue weighted by atomic mass is 9.95. The molecule has 68 valence electrons. The van der Waals surface area contributed by atoms with Crippen molar-refractivity contribution in [2.24, 2.45) is 0 Å². The van der Waals surface area contributed by atoms with E-state index in [-0.39, 0.29) is 0 Å². The Bertz CT molecular complexity index is 216. The van der Waals surface area contributed by atoms with Gasteiger partial charge in [0.25, 0.3) is 0 Å². The van der Waals surface area contributed by atoms with E-state index in [9.17, 15) is 9.90 Å². The monoisotopic (exact) mass is 176 g/mol. The fourth-order valence-electron chi connectivity index (χ4n) is 1.30. The Labute approximate surface area is 67.3 Å². The normalized spacial score (nSPS) is 52.2. The van der Waals surface area contributed by atoms with Crippen LogP contribution in [0.4, 0.5) is 0 Å². The summed E-state index contributed by atoms with van der Waals surface area (Å²) in [7, 11) is 0. The molecule has 2 aliphatic rings. The first kappa shape index (κ1) is 7.93. The van der Waals surface area contributed by atoms with Gasteiger partial charge in [0.05, 0.1) is 0 Å². The van der Waals surface area contributed by atoms with E-state index in [1.165, 1.54) is 0 Å². The van der Waals surface area contributed by atoms with Crippen LogP contribution in [0.5, 0.6) is 0 Å². The van der Waals surface area contributed by atoms with Gasteiger partial charge in [-0.3, -0.25) is 0 Å². The summed E-state index contributed by atoms with van der Waals surface area (Å²) in [5, 5.41) is 27.2. The summed E-state index contributed by atoms with van der Waals surface area (Å²) in [6.07, 6.45) is -5.97. The minimum absolute atomic E-state index is 0.620. The highest BCUT2D eigenvalue weighted by molar-refractivity contribution is 5.81. The summed E-state index contributed by atoms with van der Waals surface area (Å²) in [4.78, 5) is 10.6. The summed E-state index contributed by atoms with van der Waals surface area (Å²) in [6.45, 7) is 0. The minimum Gasteiger partial charge on any atom is -0.454 e. The van der Waals surface area contributed by atoms with Gasteiger partial charge < -0.3 is 24.8 Å². The van der Waals surface area contributed by atoms with Gasteiger partial charge in [0.15, 0.2) is 18.5 Å². The van der Waals surface area contributed by atoms with Gasteiger partial charge in [-0.25, -0.2) is 4.79 Å². The molecule has 6 heteroatoms. The summed E-state index contributed by atoms with van der Waals surface area (Å²) in [5.41, 5.74) is 0. The minimum atomic E-state index is -1.52. The van der Waals surface area contributed by atoms with Gasteiger partial charge in [-0.1, -0.05) is 0 Å². The van der Waals surface area contributed by atoms with Crippen molar-refractivity contribution in [2.45, 2.75) is 30.7 Å². The smallest absolute Gasteiger partial charge is 0.339 e. The maximum atomic E-state index is 10.6. The third kappa shape index (κ3) is 0.862. The van der Waals surface area contributed by atoms with Gasteiger partial charge >= 0.3 is 5.97 Å². The van der Waals surface area contributed by atoms with Crippen LogP contribution in [0.1, 0.15) is 0 Å². The predicted octanol–water partition coefficient (Wildman–Crippen LogP) is -2.65. The van der Waals surface area contributed by atoms with Gasteiger partial charge in [-0.2, -0.15) is 0 Å². The number of carbonyl (C=O) groups excluding carboxylic acids is 1. The molecule has 5 unspecified atom stereocenters. The standard InChI is InChI=1S/C6H8O6/c7-1-2(8)5(9)12-4-3(1)11-6(4)10/h1-5,7-9H. The molecule has 0 radical (unpaired) electrons. The Kier molecular flexibility index (Phi) is 1.58. The van der Waals surface area contributed by atoms with E-state index in [1.807, 2.05) is 0 Å². The van der Waals surface area contributed by atoms with Crippen molar-refractivity contribution in [3.8, 4) is 0 Å². The van der Waals surface area contributed by atoms with Gasteiger partial charge in [-0.15, -0.1) is 0 Å². The van der Waals surface area contributed by atoms with Crippen molar-refractivity contribution in [1.82, 2.24) is 0 Å². The first-order valence-electron chi connectivity index (χ1n) is 3.51. The number of rotatable bonds is 0. The van der Waals surface area contributed by atoms with E-state index < -0.39 is 36.7 Å². The molecule has 5 atom stereocenters. The van der Waals surface area contributed by atoms with Crippen LogP contribution < -0.4 is 0 Å². The second kappa shape index (κ2) is 2.40. The topological polar surface area (TPSA) is 96.2 Å². The summed E-state index contributed by atoms with van der Waals surface area (Å²) >= 11 is 0. The molecular weight excluding hydrogens is 168 g/mol. The van der Waals surface area contributed by atoms with Crippen LogP contribution in [0.3, 0.4) is 0 Å². The fourth-order valence-corrected chi connectivity index (χ4v) is 1.30. The quantitative estimate of drug-likeness (QED) is 0.349. The zero-order valence-corrected chi connectivity index (χ0v) is 5.95. The van der Waals surface area contributed by atoms with E-state index in [2.05, 4.69) is 9.47 Å². The van der Waals surface area contributed by atoms with Crippen LogP contribution in [0.2, 0.25) is 0 Å². The summed E-state index contributed by atoms with van der Waals surface area (Å²) in [6, 6.07) is 0. The van der Waals surface area contributed by atoms with Crippen molar-refractivity contribution >= 4 is 5.97 Å². The molecule has 2 aliphatic heterocycles. The SMILES string of the molecule is O=C1OC2C1OC(O)C(O)C2O. The van der Waals surface area contributed by atoms with Crippen molar-refractivity contribution in [3.63, 3.8) is 0 Å². The molecule has 2 rings (SSSR count). The summed E-state index contributed by atoms with van der Waals surface area (Å²) < 4.78 is 9.14. The van der Waals surface area contributed by atoms with E-state index in [1.54, 1.807) is 0 Å². The van der Waals surface area contributed by atoms with E-state index in [4.69, 9.17) is 10.2 Å². The molecule has 0 spiro atoms. The third-order valence-electron chi connectivity index (χ3n) is 2.05. The van der Waals surface area contributed by atoms with E-state index in [0.29, 0.717) is 0 Å². The Morgan fingerprint density at radius 2 is 1.83 bits per heavy atom.